The van der Waals surface area contributed by atoms with Gasteiger partial charge in [-0.05, 0) is 18.9 Å². The molecule has 1 heterocycles. The maximum atomic E-state index is 12.4. The minimum atomic E-state index is -0.865. The molecule has 1 unspecified atom stereocenters. The fourth-order valence-electron chi connectivity index (χ4n) is 2.89. The minimum Gasteiger partial charge on any atom is -0.481 e. The first-order chi connectivity index (χ1) is 11.4. The average molecular weight is 332 g/mol. The number of likely N-dealkylation sites (tertiary alicyclic amines) is 1. The second-order valence-corrected chi connectivity index (χ2v) is 6.42. The molecule has 1 fully saturated rings. The van der Waals surface area contributed by atoms with E-state index < -0.39 is 5.97 Å². The largest absolute Gasteiger partial charge is 0.481 e. The molecule has 0 aromatic heterocycles. The van der Waals surface area contributed by atoms with Crippen LogP contribution in [0.1, 0.15) is 30.4 Å². The van der Waals surface area contributed by atoms with Crippen LogP contribution < -0.4 is 0 Å². The van der Waals surface area contributed by atoms with E-state index in [1.165, 1.54) is 10.5 Å². The number of carbonyl (C=O) groups is 3. The highest BCUT2D eigenvalue weighted by Crippen LogP contribution is 2.22. The Labute approximate surface area is 142 Å². The normalized spacial score (nSPS) is 17.2. The van der Waals surface area contributed by atoms with Crippen molar-refractivity contribution in [3.8, 4) is 0 Å². The molecule has 0 aliphatic carbocycles. The summed E-state index contributed by atoms with van der Waals surface area (Å²) in [6.07, 6.45) is 0.694. The molecule has 6 nitrogen and oxygen atoms in total. The number of carbonyl (C=O) groups excluding carboxylic acids is 2. The van der Waals surface area contributed by atoms with E-state index in [0.29, 0.717) is 26.1 Å². The monoisotopic (exact) mass is 332 g/mol. The fraction of sp³-hybridized carbons (Fsp3) is 0.500. The predicted molar refractivity (Wildman–Crippen MR) is 89.2 cm³/mol. The smallest absolute Gasteiger partial charge is 0.303 e. The van der Waals surface area contributed by atoms with Crippen LogP contribution in [0.25, 0.3) is 0 Å². The van der Waals surface area contributed by atoms with Gasteiger partial charge < -0.3 is 14.9 Å². The molecule has 130 valence electrons. The Balaban J connectivity index is 1.87. The molecule has 6 heteroatoms. The van der Waals surface area contributed by atoms with Gasteiger partial charge in [-0.2, -0.15) is 0 Å². The van der Waals surface area contributed by atoms with Gasteiger partial charge in [0.2, 0.25) is 11.8 Å². The molecule has 1 saturated heterocycles. The zero-order valence-corrected chi connectivity index (χ0v) is 14.2. The predicted octanol–water partition coefficient (Wildman–Crippen LogP) is 1.67. The third-order valence-electron chi connectivity index (χ3n) is 4.32. The number of aryl methyl sites for hydroxylation is 1. The van der Waals surface area contributed by atoms with Gasteiger partial charge in [0, 0.05) is 39.5 Å². The van der Waals surface area contributed by atoms with Gasteiger partial charge in [0.1, 0.15) is 0 Å². The van der Waals surface area contributed by atoms with Crippen molar-refractivity contribution in [3.05, 3.63) is 35.4 Å². The number of hydrogen-bond acceptors (Lipinski definition) is 3. The summed E-state index contributed by atoms with van der Waals surface area (Å²) in [6.45, 7) is 3.36. The fourth-order valence-corrected chi connectivity index (χ4v) is 2.89. The molecule has 2 rings (SSSR count). The second-order valence-electron chi connectivity index (χ2n) is 6.42. The molecular weight excluding hydrogens is 308 g/mol. The first-order valence-corrected chi connectivity index (χ1v) is 8.17. The maximum Gasteiger partial charge on any atom is 0.303 e. The molecule has 0 bridgehead atoms. The van der Waals surface area contributed by atoms with Crippen LogP contribution in [0.4, 0.5) is 0 Å². The van der Waals surface area contributed by atoms with Gasteiger partial charge in [-0.15, -0.1) is 0 Å². The van der Waals surface area contributed by atoms with Crippen LogP contribution in [0.5, 0.6) is 0 Å². The summed E-state index contributed by atoms with van der Waals surface area (Å²) in [4.78, 5) is 38.4. The first-order valence-electron chi connectivity index (χ1n) is 8.17. The van der Waals surface area contributed by atoms with Gasteiger partial charge in [-0.3, -0.25) is 14.4 Å². The molecule has 24 heavy (non-hydrogen) atoms. The lowest BCUT2D eigenvalue weighted by Crippen LogP contribution is -2.35. The van der Waals surface area contributed by atoms with E-state index in [1.54, 1.807) is 11.9 Å². The van der Waals surface area contributed by atoms with Crippen molar-refractivity contribution >= 4 is 17.8 Å². The van der Waals surface area contributed by atoms with Gasteiger partial charge in [0.25, 0.3) is 0 Å². The van der Waals surface area contributed by atoms with Crippen molar-refractivity contribution in [3.63, 3.8) is 0 Å². The summed E-state index contributed by atoms with van der Waals surface area (Å²) in [5.74, 6) is -1.29. The molecule has 0 radical (unpaired) electrons. The average Bonchev–Trinajstić information content (AvgIpc) is 2.89. The summed E-state index contributed by atoms with van der Waals surface area (Å²) in [5, 5.41) is 8.65. The zero-order chi connectivity index (χ0) is 17.7. The van der Waals surface area contributed by atoms with E-state index in [-0.39, 0.29) is 30.6 Å². The molecule has 1 aliphatic rings. The van der Waals surface area contributed by atoms with Crippen molar-refractivity contribution in [2.45, 2.75) is 32.7 Å². The number of aliphatic carboxylic acids is 1. The van der Waals surface area contributed by atoms with Gasteiger partial charge in [0.05, 0.1) is 5.92 Å². The van der Waals surface area contributed by atoms with E-state index in [1.807, 2.05) is 31.2 Å². The number of rotatable bonds is 7. The molecular formula is C18H24N2O4. The van der Waals surface area contributed by atoms with Crippen molar-refractivity contribution in [1.82, 2.24) is 9.80 Å². The van der Waals surface area contributed by atoms with Crippen LogP contribution in [-0.4, -0.2) is 52.8 Å². The van der Waals surface area contributed by atoms with Crippen LogP contribution in [0, 0.1) is 12.8 Å². The minimum absolute atomic E-state index is 0.00661. The second kappa shape index (κ2) is 7.95. The van der Waals surface area contributed by atoms with Crippen molar-refractivity contribution in [1.29, 1.82) is 0 Å². The molecule has 1 aliphatic heterocycles. The summed E-state index contributed by atoms with van der Waals surface area (Å²) < 4.78 is 0. The van der Waals surface area contributed by atoms with Gasteiger partial charge in [-0.25, -0.2) is 0 Å². The van der Waals surface area contributed by atoms with Crippen LogP contribution in [0.15, 0.2) is 24.3 Å². The highest BCUT2D eigenvalue weighted by atomic mass is 16.4. The summed E-state index contributed by atoms with van der Waals surface area (Å²) in [5.41, 5.74) is 2.22. The van der Waals surface area contributed by atoms with Crippen molar-refractivity contribution < 1.29 is 19.5 Å². The number of carboxylic acids is 1. The Morgan fingerprint density at radius 3 is 2.58 bits per heavy atom. The van der Waals surface area contributed by atoms with Gasteiger partial charge in [0.15, 0.2) is 0 Å². The topological polar surface area (TPSA) is 77.9 Å². The molecule has 1 atom stereocenters. The Bertz CT molecular complexity index is 612. The Morgan fingerprint density at radius 1 is 1.29 bits per heavy atom. The number of benzene rings is 1. The maximum absolute atomic E-state index is 12.4. The SMILES string of the molecule is Cc1ccc(CN2CC(C(=O)N(C)CCCC(=O)O)CC2=O)cc1. The van der Waals surface area contributed by atoms with E-state index in [4.69, 9.17) is 5.11 Å². The molecule has 2 amide bonds. The summed E-state index contributed by atoms with van der Waals surface area (Å²) in [6, 6.07) is 8.01. The van der Waals surface area contributed by atoms with E-state index in [2.05, 4.69) is 0 Å². The van der Waals surface area contributed by atoms with E-state index in [0.717, 1.165) is 5.56 Å². The zero-order valence-electron chi connectivity index (χ0n) is 14.2. The summed E-state index contributed by atoms with van der Waals surface area (Å²) >= 11 is 0. The lowest BCUT2D eigenvalue weighted by molar-refractivity contribution is -0.138. The number of hydrogen-bond donors (Lipinski definition) is 1. The summed E-state index contributed by atoms with van der Waals surface area (Å²) in [7, 11) is 1.66. The molecule has 1 aromatic rings. The lowest BCUT2D eigenvalue weighted by atomic mass is 10.1. The third kappa shape index (κ3) is 4.81. The molecule has 1 aromatic carbocycles. The number of carboxylic acid groups (broad SMARTS) is 1. The lowest BCUT2D eigenvalue weighted by Gasteiger charge is -2.21. The van der Waals surface area contributed by atoms with Crippen LogP contribution in [0.2, 0.25) is 0 Å². The number of amides is 2. The highest BCUT2D eigenvalue weighted by molar-refractivity contribution is 5.89. The quantitative estimate of drug-likeness (QED) is 0.824. The Kier molecular flexibility index (Phi) is 5.95. The Morgan fingerprint density at radius 2 is 1.96 bits per heavy atom. The highest BCUT2D eigenvalue weighted by Gasteiger charge is 2.35. The van der Waals surface area contributed by atoms with Crippen LogP contribution in [0.3, 0.4) is 0 Å². The Hall–Kier alpha value is -2.37. The standard InChI is InChI=1S/C18H24N2O4/c1-13-5-7-14(8-6-13)11-20-12-15(10-16(20)21)18(24)19(2)9-3-4-17(22)23/h5-8,15H,3-4,9-12H2,1-2H3,(H,22,23). The first kappa shape index (κ1) is 18.0. The molecule has 0 spiro atoms. The molecule has 0 saturated carbocycles. The van der Waals surface area contributed by atoms with Crippen LogP contribution in [-0.2, 0) is 20.9 Å². The van der Waals surface area contributed by atoms with Gasteiger partial charge >= 0.3 is 5.97 Å². The van der Waals surface area contributed by atoms with Crippen LogP contribution >= 0.6 is 0 Å². The van der Waals surface area contributed by atoms with Crippen molar-refractivity contribution in [2.75, 3.05) is 20.1 Å². The third-order valence-corrected chi connectivity index (χ3v) is 4.32. The van der Waals surface area contributed by atoms with Gasteiger partial charge in [-0.1, -0.05) is 29.8 Å². The van der Waals surface area contributed by atoms with E-state index in [9.17, 15) is 14.4 Å². The molecule has 1 N–H and O–H groups in total. The van der Waals surface area contributed by atoms with E-state index >= 15 is 0 Å². The number of nitrogens with zero attached hydrogens (tertiary/aromatic N) is 2. The van der Waals surface area contributed by atoms with Crippen molar-refractivity contribution in [2.24, 2.45) is 5.92 Å².